The van der Waals surface area contributed by atoms with E-state index in [4.69, 9.17) is 0 Å². The first-order valence-electron chi connectivity index (χ1n) is 11.4. The average molecular weight is 489 g/mol. The van der Waals surface area contributed by atoms with Gasteiger partial charge in [-0.2, -0.15) is 5.23 Å². The molecule has 1 unspecified atom stereocenters. The number of hydrogen-bond acceptors (Lipinski definition) is 7. The smallest absolute Gasteiger partial charge is 0.265 e. The number of anilines is 2. The van der Waals surface area contributed by atoms with Gasteiger partial charge in [-0.1, -0.05) is 24.3 Å². The summed E-state index contributed by atoms with van der Waals surface area (Å²) in [6.45, 7) is 0. The highest BCUT2D eigenvalue weighted by molar-refractivity contribution is 6.03. The first-order valence-corrected chi connectivity index (χ1v) is 11.4. The Hall–Kier alpha value is -4.18. The molecule has 1 aromatic heterocycles. The van der Waals surface area contributed by atoms with Gasteiger partial charge >= 0.3 is 0 Å². The van der Waals surface area contributed by atoms with Gasteiger partial charge in [0.15, 0.2) is 11.5 Å². The quantitative estimate of drug-likeness (QED) is 0.222. The van der Waals surface area contributed by atoms with Crippen molar-refractivity contribution in [3.05, 3.63) is 99.5 Å². The molecule has 1 heterocycles. The number of nitrogens with zero attached hydrogens (tertiary/aromatic N) is 2. The number of ketones is 1. The highest BCUT2D eigenvalue weighted by atomic mass is 16.8. The Bertz CT molecular complexity index is 1440. The number of nitrogens with one attached hydrogen (secondary N) is 2. The van der Waals surface area contributed by atoms with Crippen LogP contribution >= 0.6 is 0 Å². The number of pyridine rings is 1. The number of fused-ring (bicyclic) bond motifs is 1. The molecular formula is C27H28N4O5. The highest BCUT2D eigenvalue weighted by Gasteiger charge is 2.25. The lowest BCUT2D eigenvalue weighted by atomic mass is 9.96. The van der Waals surface area contributed by atoms with Crippen molar-refractivity contribution in [1.82, 2.24) is 4.57 Å². The third-order valence-electron chi connectivity index (χ3n) is 6.23. The number of carbonyl (C=O) groups excluding carboxylic acids is 1. The molecule has 9 nitrogen and oxygen atoms in total. The van der Waals surface area contributed by atoms with Gasteiger partial charge < -0.3 is 25.1 Å². The van der Waals surface area contributed by atoms with Gasteiger partial charge in [-0.3, -0.25) is 9.59 Å². The minimum Gasteiger partial charge on any atom is -0.595 e. The number of hydrogen-bond donors (Lipinski definition) is 4. The van der Waals surface area contributed by atoms with Crippen LogP contribution in [0.3, 0.4) is 0 Å². The van der Waals surface area contributed by atoms with Gasteiger partial charge in [0, 0.05) is 56.5 Å². The van der Waals surface area contributed by atoms with E-state index in [9.17, 15) is 25.1 Å². The maximum absolute atomic E-state index is 13.5. The van der Waals surface area contributed by atoms with E-state index in [-0.39, 0.29) is 23.4 Å². The van der Waals surface area contributed by atoms with Crippen molar-refractivity contribution in [2.24, 2.45) is 7.05 Å². The van der Waals surface area contributed by atoms with Crippen LogP contribution in [-0.4, -0.2) is 34.8 Å². The summed E-state index contributed by atoms with van der Waals surface area (Å²) in [6, 6.07) is 20.2. The molecular weight excluding hydrogens is 460 g/mol. The maximum atomic E-state index is 13.5. The van der Waals surface area contributed by atoms with Crippen LogP contribution in [0.5, 0.6) is 5.75 Å². The number of carbonyl (C=O) groups is 1. The van der Waals surface area contributed by atoms with E-state index in [0.717, 1.165) is 11.3 Å². The number of Topliss-reactive ketones (excluding diaryl/α,β-unsaturated/α-hetero) is 1. The third-order valence-corrected chi connectivity index (χ3v) is 6.23. The molecule has 3 aromatic carbocycles. The summed E-state index contributed by atoms with van der Waals surface area (Å²) in [4.78, 5) is 28.5. The Morgan fingerprint density at radius 2 is 1.69 bits per heavy atom. The lowest BCUT2D eigenvalue weighted by Crippen LogP contribution is -2.99. The SMILES string of the molecule is CN(C)c1ccc([C@@H](CC(=O)c2c(O)c3ccccc3n(C)c2=O)Nc2ccc([NH+]([O-])O)cc2)cc1. The van der Waals surface area contributed by atoms with E-state index >= 15 is 0 Å². The highest BCUT2D eigenvalue weighted by Crippen LogP contribution is 2.30. The Balaban J connectivity index is 1.72. The molecule has 4 N–H and O–H groups in total. The number of rotatable bonds is 8. The predicted octanol–water partition coefficient (Wildman–Crippen LogP) is 3.14. The van der Waals surface area contributed by atoms with Crippen molar-refractivity contribution in [3.8, 4) is 5.75 Å². The van der Waals surface area contributed by atoms with Crippen molar-refractivity contribution in [2.45, 2.75) is 12.5 Å². The molecule has 0 aliphatic heterocycles. The third kappa shape index (κ3) is 4.94. The normalized spacial score (nSPS) is 12.8. The van der Waals surface area contributed by atoms with Gasteiger partial charge in [-0.05, 0) is 42.0 Å². The zero-order valence-corrected chi connectivity index (χ0v) is 20.2. The standard InChI is InChI=1S/C27H28N4O5/c1-29(2)19-12-8-17(9-13-19)22(28-18-10-14-20(15-11-18)31(35)36)16-24(32)25-26(33)21-6-4-5-7-23(21)30(3)27(25)34/h4-15,22,28,31,33,35H,16H2,1-3H3/t22-/m1/s1. The van der Waals surface area contributed by atoms with Gasteiger partial charge in [-0.15, -0.1) is 0 Å². The molecule has 0 spiro atoms. The molecule has 0 radical (unpaired) electrons. The van der Waals surface area contributed by atoms with Crippen LogP contribution in [0.15, 0.2) is 77.6 Å². The number of quaternary nitrogens is 1. The number of aryl methyl sites for hydroxylation is 1. The van der Waals surface area contributed by atoms with E-state index in [1.807, 2.05) is 43.3 Å². The summed E-state index contributed by atoms with van der Waals surface area (Å²) in [5.74, 6) is -0.832. The monoisotopic (exact) mass is 488 g/mol. The lowest BCUT2D eigenvalue weighted by Gasteiger charge is -2.22. The van der Waals surface area contributed by atoms with Gasteiger partial charge in [-0.25, -0.2) is 5.21 Å². The largest absolute Gasteiger partial charge is 0.595 e. The molecule has 2 atom stereocenters. The van der Waals surface area contributed by atoms with E-state index in [0.29, 0.717) is 16.6 Å². The Morgan fingerprint density at radius 1 is 1.06 bits per heavy atom. The lowest BCUT2D eigenvalue weighted by molar-refractivity contribution is -0.991. The molecule has 0 saturated heterocycles. The van der Waals surface area contributed by atoms with Gasteiger partial charge in [0.1, 0.15) is 11.3 Å². The van der Waals surface area contributed by atoms with E-state index in [2.05, 4.69) is 5.32 Å². The van der Waals surface area contributed by atoms with Crippen LogP contribution in [0.2, 0.25) is 0 Å². The molecule has 0 amide bonds. The molecule has 0 aliphatic rings. The molecule has 0 fully saturated rings. The summed E-state index contributed by atoms with van der Waals surface area (Å²) in [6.07, 6.45) is -0.108. The van der Waals surface area contributed by atoms with Crippen molar-refractivity contribution < 1.29 is 20.3 Å². The summed E-state index contributed by atoms with van der Waals surface area (Å²) < 4.78 is 1.36. The first-order chi connectivity index (χ1) is 17.2. The van der Waals surface area contributed by atoms with E-state index in [1.165, 1.54) is 16.7 Å². The van der Waals surface area contributed by atoms with Gasteiger partial charge in [0.05, 0.1) is 11.6 Å². The van der Waals surface area contributed by atoms with Gasteiger partial charge in [0.25, 0.3) is 5.56 Å². The Labute approximate surface area is 208 Å². The molecule has 4 aromatic rings. The topological polar surface area (TPSA) is 122 Å². The fourth-order valence-corrected chi connectivity index (χ4v) is 4.19. The van der Waals surface area contributed by atoms with Crippen LogP contribution in [0.25, 0.3) is 10.9 Å². The molecule has 4 rings (SSSR count). The summed E-state index contributed by atoms with van der Waals surface area (Å²) in [7, 11) is 5.42. The molecule has 186 valence electrons. The minimum atomic E-state index is -1.03. The number of aromatic hydroxyl groups is 1. The van der Waals surface area contributed by atoms with Crippen LogP contribution < -0.4 is 21.0 Å². The van der Waals surface area contributed by atoms with Crippen molar-refractivity contribution in [3.63, 3.8) is 0 Å². The van der Waals surface area contributed by atoms with E-state index < -0.39 is 22.6 Å². The van der Waals surface area contributed by atoms with E-state index in [1.54, 1.807) is 43.4 Å². The zero-order valence-electron chi connectivity index (χ0n) is 20.2. The van der Waals surface area contributed by atoms with Crippen LogP contribution in [0.1, 0.15) is 28.4 Å². The second-order valence-corrected chi connectivity index (χ2v) is 8.80. The van der Waals surface area contributed by atoms with Crippen molar-refractivity contribution >= 4 is 33.7 Å². The van der Waals surface area contributed by atoms with Crippen molar-refractivity contribution in [2.75, 3.05) is 24.3 Å². The van der Waals surface area contributed by atoms with Crippen LogP contribution in [0.4, 0.5) is 17.1 Å². The van der Waals surface area contributed by atoms with Gasteiger partial charge in [0.2, 0.25) is 0 Å². The Morgan fingerprint density at radius 3 is 2.31 bits per heavy atom. The molecule has 36 heavy (non-hydrogen) atoms. The second kappa shape index (κ2) is 10.2. The summed E-state index contributed by atoms with van der Waals surface area (Å²) in [5.41, 5.74) is 2.25. The predicted molar refractivity (Wildman–Crippen MR) is 139 cm³/mol. The maximum Gasteiger partial charge on any atom is 0.265 e. The summed E-state index contributed by atoms with van der Waals surface area (Å²) in [5, 5.41) is 33.9. The number of benzene rings is 3. The fraction of sp³-hybridized carbons (Fsp3) is 0.185. The van der Waals surface area contributed by atoms with Crippen LogP contribution in [-0.2, 0) is 7.05 Å². The summed E-state index contributed by atoms with van der Waals surface area (Å²) >= 11 is 0. The molecule has 0 aliphatic carbocycles. The molecule has 0 saturated carbocycles. The number of aromatic nitrogens is 1. The second-order valence-electron chi connectivity index (χ2n) is 8.80. The van der Waals surface area contributed by atoms with Crippen LogP contribution in [0, 0.1) is 5.21 Å². The fourth-order valence-electron chi connectivity index (χ4n) is 4.19. The average Bonchev–Trinajstić information content (AvgIpc) is 2.87. The molecule has 0 bridgehead atoms. The number of para-hydroxylation sites is 1. The first kappa shape index (κ1) is 24.9. The molecule has 9 heteroatoms. The Kier molecular flexibility index (Phi) is 7.07. The minimum absolute atomic E-state index is 0.108. The van der Waals surface area contributed by atoms with Crippen molar-refractivity contribution in [1.29, 1.82) is 0 Å². The zero-order chi connectivity index (χ0) is 26.0.